The van der Waals surface area contributed by atoms with Gasteiger partial charge in [0.25, 0.3) is 0 Å². The highest BCUT2D eigenvalue weighted by Gasteiger charge is 2.25. The summed E-state index contributed by atoms with van der Waals surface area (Å²) >= 11 is 0. The van der Waals surface area contributed by atoms with Crippen LogP contribution in [0.5, 0.6) is 0 Å². The van der Waals surface area contributed by atoms with Crippen LogP contribution in [0.25, 0.3) is 11.1 Å². The Morgan fingerprint density at radius 3 is 2.35 bits per heavy atom. The maximum absolute atomic E-state index is 2.69. The lowest BCUT2D eigenvalue weighted by Gasteiger charge is -2.25. The highest BCUT2D eigenvalue weighted by atomic mass is 15.2. The zero-order chi connectivity index (χ0) is 16.1. The highest BCUT2D eigenvalue weighted by Crippen LogP contribution is 2.33. The van der Waals surface area contributed by atoms with E-state index in [0.29, 0.717) is 6.04 Å². The van der Waals surface area contributed by atoms with Gasteiger partial charge in [0.15, 0.2) is 0 Å². The van der Waals surface area contributed by atoms with Gasteiger partial charge in [0.2, 0.25) is 0 Å². The molecule has 1 unspecified atom stereocenters. The van der Waals surface area contributed by atoms with E-state index >= 15 is 0 Å². The van der Waals surface area contributed by atoms with Gasteiger partial charge in [-0.05, 0) is 61.4 Å². The molecule has 1 saturated heterocycles. The summed E-state index contributed by atoms with van der Waals surface area (Å²) in [5.41, 5.74) is 4.12. The van der Waals surface area contributed by atoms with Crippen LogP contribution in [0.2, 0.25) is 0 Å². The molecule has 1 heterocycles. The van der Waals surface area contributed by atoms with Crippen molar-refractivity contribution in [2.45, 2.75) is 45.6 Å². The second-order valence-corrected chi connectivity index (χ2v) is 7.22. The van der Waals surface area contributed by atoms with E-state index in [0.717, 1.165) is 5.92 Å². The van der Waals surface area contributed by atoms with E-state index in [1.807, 2.05) is 0 Å². The molecule has 0 amide bonds. The van der Waals surface area contributed by atoms with Gasteiger partial charge in [-0.15, -0.1) is 0 Å². The summed E-state index contributed by atoms with van der Waals surface area (Å²) < 4.78 is 0. The fraction of sp³-hybridized carbons (Fsp3) is 0.455. The monoisotopic (exact) mass is 307 g/mol. The zero-order valence-electron chi connectivity index (χ0n) is 14.5. The first-order valence-electron chi connectivity index (χ1n) is 9.13. The van der Waals surface area contributed by atoms with Gasteiger partial charge in [-0.1, -0.05) is 68.4 Å². The Labute approximate surface area is 141 Å². The van der Waals surface area contributed by atoms with Crippen molar-refractivity contribution < 1.29 is 0 Å². The Bertz CT molecular complexity index is 585. The molecule has 122 valence electrons. The fourth-order valence-corrected chi connectivity index (χ4v) is 3.70. The molecule has 0 spiro atoms. The van der Waals surface area contributed by atoms with Crippen molar-refractivity contribution in [3.8, 4) is 11.1 Å². The molecule has 1 aliphatic rings. The van der Waals surface area contributed by atoms with Crippen LogP contribution in [0.15, 0.2) is 54.6 Å². The lowest BCUT2D eigenvalue weighted by molar-refractivity contribution is 0.247. The van der Waals surface area contributed by atoms with E-state index in [-0.39, 0.29) is 0 Å². The maximum Gasteiger partial charge on any atom is 0.0348 e. The van der Waals surface area contributed by atoms with Crippen LogP contribution in [0.1, 0.15) is 51.1 Å². The van der Waals surface area contributed by atoms with Crippen LogP contribution in [0.3, 0.4) is 0 Å². The number of rotatable bonds is 6. The van der Waals surface area contributed by atoms with E-state index < -0.39 is 0 Å². The molecule has 0 saturated carbocycles. The number of likely N-dealkylation sites (tertiary alicyclic amines) is 1. The molecule has 1 nitrogen and oxygen atoms in total. The summed E-state index contributed by atoms with van der Waals surface area (Å²) in [4.78, 5) is 2.69. The standard InChI is InChI=1S/C22H29N/c1-18(2)8-6-16-23-17-7-11-22(23)21-14-12-20(13-15-21)19-9-4-3-5-10-19/h3-5,9-10,12-15,18,22H,6-8,11,16-17H2,1-2H3. The molecule has 1 aliphatic heterocycles. The van der Waals surface area contributed by atoms with Gasteiger partial charge in [-0.3, -0.25) is 4.90 Å². The molecule has 2 aromatic rings. The number of hydrogen-bond donors (Lipinski definition) is 0. The second-order valence-electron chi connectivity index (χ2n) is 7.22. The third-order valence-corrected chi connectivity index (χ3v) is 4.99. The van der Waals surface area contributed by atoms with Crippen molar-refractivity contribution in [2.24, 2.45) is 5.92 Å². The average molecular weight is 307 g/mol. The van der Waals surface area contributed by atoms with Crippen molar-refractivity contribution in [1.82, 2.24) is 4.90 Å². The van der Waals surface area contributed by atoms with E-state index in [9.17, 15) is 0 Å². The lowest BCUT2D eigenvalue weighted by Crippen LogP contribution is -2.24. The average Bonchev–Trinajstić information content (AvgIpc) is 3.04. The predicted molar refractivity (Wildman–Crippen MR) is 99.5 cm³/mol. The minimum Gasteiger partial charge on any atom is -0.296 e. The summed E-state index contributed by atoms with van der Waals surface area (Å²) in [7, 11) is 0. The minimum atomic E-state index is 0.631. The van der Waals surface area contributed by atoms with Crippen molar-refractivity contribution in [2.75, 3.05) is 13.1 Å². The largest absolute Gasteiger partial charge is 0.296 e. The Morgan fingerprint density at radius 1 is 0.957 bits per heavy atom. The van der Waals surface area contributed by atoms with Gasteiger partial charge in [-0.25, -0.2) is 0 Å². The maximum atomic E-state index is 2.69. The SMILES string of the molecule is CC(C)CCCN1CCCC1c1ccc(-c2ccccc2)cc1. The molecule has 23 heavy (non-hydrogen) atoms. The van der Waals surface area contributed by atoms with Crippen LogP contribution >= 0.6 is 0 Å². The minimum absolute atomic E-state index is 0.631. The molecule has 0 radical (unpaired) electrons. The van der Waals surface area contributed by atoms with Gasteiger partial charge in [0.1, 0.15) is 0 Å². The van der Waals surface area contributed by atoms with E-state index in [2.05, 4.69) is 73.3 Å². The van der Waals surface area contributed by atoms with Crippen molar-refractivity contribution in [1.29, 1.82) is 0 Å². The van der Waals surface area contributed by atoms with Gasteiger partial charge >= 0.3 is 0 Å². The molecule has 0 aliphatic carbocycles. The van der Waals surface area contributed by atoms with Crippen LogP contribution in [0.4, 0.5) is 0 Å². The molecule has 0 N–H and O–H groups in total. The first kappa shape index (κ1) is 16.3. The predicted octanol–water partition coefficient (Wildman–Crippen LogP) is 5.93. The molecule has 0 bridgehead atoms. The third kappa shape index (κ3) is 4.23. The molecule has 3 rings (SSSR count). The molecule has 1 fully saturated rings. The van der Waals surface area contributed by atoms with E-state index in [1.165, 1.54) is 55.5 Å². The summed E-state index contributed by atoms with van der Waals surface area (Å²) in [5.74, 6) is 0.821. The molecular weight excluding hydrogens is 278 g/mol. The van der Waals surface area contributed by atoms with Gasteiger partial charge < -0.3 is 0 Å². The summed E-state index contributed by atoms with van der Waals surface area (Å²) in [6, 6.07) is 20.5. The second kappa shape index (κ2) is 7.79. The van der Waals surface area contributed by atoms with Gasteiger partial charge in [0.05, 0.1) is 0 Å². The zero-order valence-corrected chi connectivity index (χ0v) is 14.5. The normalized spacial score (nSPS) is 18.7. The van der Waals surface area contributed by atoms with Crippen LogP contribution in [-0.4, -0.2) is 18.0 Å². The Morgan fingerprint density at radius 2 is 1.65 bits per heavy atom. The topological polar surface area (TPSA) is 3.24 Å². The molecular formula is C22H29N. The number of hydrogen-bond acceptors (Lipinski definition) is 1. The molecule has 1 heteroatoms. The molecule has 0 aromatic heterocycles. The quantitative estimate of drug-likeness (QED) is 0.639. The van der Waals surface area contributed by atoms with E-state index in [4.69, 9.17) is 0 Å². The van der Waals surface area contributed by atoms with Gasteiger partial charge in [-0.2, -0.15) is 0 Å². The smallest absolute Gasteiger partial charge is 0.0348 e. The molecule has 2 aromatic carbocycles. The highest BCUT2D eigenvalue weighted by molar-refractivity contribution is 5.63. The van der Waals surface area contributed by atoms with Gasteiger partial charge in [0, 0.05) is 6.04 Å². The summed E-state index contributed by atoms with van der Waals surface area (Å²) in [6.07, 6.45) is 5.32. The lowest BCUT2D eigenvalue weighted by atomic mass is 9.99. The summed E-state index contributed by atoms with van der Waals surface area (Å²) in [6.45, 7) is 7.17. The number of benzene rings is 2. The van der Waals surface area contributed by atoms with Crippen molar-refractivity contribution in [3.63, 3.8) is 0 Å². The fourth-order valence-electron chi connectivity index (χ4n) is 3.70. The van der Waals surface area contributed by atoms with Crippen molar-refractivity contribution >= 4 is 0 Å². The van der Waals surface area contributed by atoms with Crippen molar-refractivity contribution in [3.05, 3.63) is 60.2 Å². The third-order valence-electron chi connectivity index (χ3n) is 4.99. The molecule has 1 atom stereocenters. The first-order valence-corrected chi connectivity index (χ1v) is 9.13. The van der Waals surface area contributed by atoms with E-state index in [1.54, 1.807) is 0 Å². The van der Waals surface area contributed by atoms with Crippen LogP contribution in [-0.2, 0) is 0 Å². The Hall–Kier alpha value is -1.60. The van der Waals surface area contributed by atoms with Crippen LogP contribution < -0.4 is 0 Å². The first-order chi connectivity index (χ1) is 11.2. The van der Waals surface area contributed by atoms with Crippen LogP contribution in [0, 0.1) is 5.92 Å². The number of nitrogens with zero attached hydrogens (tertiary/aromatic N) is 1. The Balaban J connectivity index is 1.66. The Kier molecular flexibility index (Phi) is 5.51. The summed E-state index contributed by atoms with van der Waals surface area (Å²) in [5, 5.41) is 0.